The molecule has 1 aromatic carbocycles. The molecule has 1 amide bonds. The number of benzene rings is 1. The molecule has 2 aliphatic rings. The first-order valence-electron chi connectivity index (χ1n) is 12.1. The fraction of sp³-hybridized carbons (Fsp3) is 0.519. The zero-order chi connectivity index (χ0) is 27.6. The van der Waals surface area contributed by atoms with E-state index in [-0.39, 0.29) is 30.2 Å². The molecule has 2 saturated heterocycles. The smallest absolute Gasteiger partial charge is 0.372 e. The topological polar surface area (TPSA) is 32.8 Å². The van der Waals surface area contributed by atoms with E-state index in [1.807, 2.05) is 36.1 Å². The molecular weight excluding hydrogens is 498 g/mol. The maximum atomic E-state index is 13.4. The highest BCUT2D eigenvalue weighted by Gasteiger charge is 2.47. The van der Waals surface area contributed by atoms with Crippen molar-refractivity contribution in [2.75, 3.05) is 26.2 Å². The SMILES string of the molecule is C=C(/C=C\C=C/C)[C@]1(CO[C@H](C)c2cc(C(F)(F)F)cc(C(F)(F)F)c2)CC[C@@H]2CN1CCN2C(C)=O. The predicted molar refractivity (Wildman–Crippen MR) is 129 cm³/mol. The number of alkyl halides is 6. The van der Waals surface area contributed by atoms with Gasteiger partial charge in [-0.05, 0) is 56.0 Å². The number of halogens is 6. The summed E-state index contributed by atoms with van der Waals surface area (Å²) in [6.45, 7) is 10.8. The molecule has 0 saturated carbocycles. The van der Waals surface area contributed by atoms with Gasteiger partial charge in [0.25, 0.3) is 0 Å². The molecule has 0 radical (unpaired) electrons. The average Bonchev–Trinajstić information content (AvgIpc) is 2.82. The minimum Gasteiger partial charge on any atom is -0.372 e. The van der Waals surface area contributed by atoms with E-state index < -0.39 is 35.1 Å². The number of rotatable bonds is 7. The van der Waals surface area contributed by atoms with E-state index in [9.17, 15) is 31.1 Å². The fourth-order valence-electron chi connectivity index (χ4n) is 5.10. The lowest BCUT2D eigenvalue weighted by Gasteiger charge is -2.55. The molecule has 0 spiro atoms. The highest BCUT2D eigenvalue weighted by atomic mass is 19.4. The lowest BCUT2D eigenvalue weighted by molar-refractivity contribution is -0.143. The van der Waals surface area contributed by atoms with Crippen LogP contribution in [0.1, 0.15) is 56.4 Å². The highest BCUT2D eigenvalue weighted by molar-refractivity contribution is 5.73. The quantitative estimate of drug-likeness (QED) is 0.296. The van der Waals surface area contributed by atoms with Gasteiger partial charge in [0.05, 0.1) is 29.4 Å². The van der Waals surface area contributed by atoms with E-state index in [4.69, 9.17) is 4.74 Å². The van der Waals surface area contributed by atoms with Crippen LogP contribution in [0.25, 0.3) is 0 Å². The zero-order valence-corrected chi connectivity index (χ0v) is 21.1. The van der Waals surface area contributed by atoms with Crippen LogP contribution in [0.3, 0.4) is 0 Å². The summed E-state index contributed by atoms with van der Waals surface area (Å²) in [5.74, 6) is -0.00107. The zero-order valence-electron chi connectivity index (χ0n) is 21.1. The van der Waals surface area contributed by atoms with Crippen LogP contribution in [0, 0.1) is 0 Å². The average molecular weight is 531 g/mol. The van der Waals surface area contributed by atoms with Gasteiger partial charge in [-0.25, -0.2) is 0 Å². The van der Waals surface area contributed by atoms with Crippen LogP contribution in [0.15, 0.2) is 54.7 Å². The number of fused-ring (bicyclic) bond motifs is 2. The minimum atomic E-state index is -4.93. The number of piperazine rings is 1. The molecule has 2 aliphatic heterocycles. The van der Waals surface area contributed by atoms with Crippen molar-refractivity contribution in [2.24, 2.45) is 0 Å². The maximum absolute atomic E-state index is 13.4. The van der Waals surface area contributed by atoms with Crippen molar-refractivity contribution in [3.8, 4) is 0 Å². The van der Waals surface area contributed by atoms with Gasteiger partial charge in [-0.3, -0.25) is 9.69 Å². The largest absolute Gasteiger partial charge is 0.416 e. The Morgan fingerprint density at radius 2 is 1.76 bits per heavy atom. The summed E-state index contributed by atoms with van der Waals surface area (Å²) in [6.07, 6.45) is -2.30. The molecule has 204 valence electrons. The third kappa shape index (κ3) is 6.46. The molecule has 0 aromatic heterocycles. The number of hydrogen-bond acceptors (Lipinski definition) is 3. The molecule has 2 bridgehead atoms. The minimum absolute atomic E-state index is 0.00107. The van der Waals surface area contributed by atoms with Gasteiger partial charge in [0, 0.05) is 32.6 Å². The number of hydrogen-bond donors (Lipinski definition) is 0. The summed E-state index contributed by atoms with van der Waals surface area (Å²) >= 11 is 0. The van der Waals surface area contributed by atoms with E-state index in [2.05, 4.69) is 11.5 Å². The molecule has 37 heavy (non-hydrogen) atoms. The van der Waals surface area contributed by atoms with Crippen molar-refractivity contribution in [1.82, 2.24) is 9.80 Å². The lowest BCUT2D eigenvalue weighted by Crippen LogP contribution is -2.67. The van der Waals surface area contributed by atoms with Crippen LogP contribution in [0.4, 0.5) is 26.3 Å². The Morgan fingerprint density at radius 3 is 2.30 bits per heavy atom. The monoisotopic (exact) mass is 530 g/mol. The molecule has 2 fully saturated rings. The number of piperidine rings is 1. The number of nitrogens with zero attached hydrogens (tertiary/aromatic N) is 2. The van der Waals surface area contributed by atoms with Gasteiger partial charge in [0.2, 0.25) is 5.91 Å². The Bertz CT molecular complexity index is 1030. The molecule has 1 unspecified atom stereocenters. The Labute approximate surface area is 213 Å². The van der Waals surface area contributed by atoms with Crippen LogP contribution >= 0.6 is 0 Å². The molecule has 10 heteroatoms. The summed E-state index contributed by atoms with van der Waals surface area (Å²) in [4.78, 5) is 16.0. The maximum Gasteiger partial charge on any atom is 0.416 e. The second-order valence-electron chi connectivity index (χ2n) is 9.59. The first-order valence-corrected chi connectivity index (χ1v) is 12.1. The summed E-state index contributed by atoms with van der Waals surface area (Å²) in [5.41, 5.74) is -2.93. The van der Waals surface area contributed by atoms with E-state index in [1.165, 1.54) is 13.8 Å². The van der Waals surface area contributed by atoms with Gasteiger partial charge >= 0.3 is 12.4 Å². The third-order valence-corrected chi connectivity index (χ3v) is 7.23. The number of ether oxygens (including phenoxy) is 1. The Balaban J connectivity index is 1.90. The van der Waals surface area contributed by atoms with Gasteiger partial charge in [-0.2, -0.15) is 26.3 Å². The molecule has 1 aromatic rings. The van der Waals surface area contributed by atoms with Crippen molar-refractivity contribution in [1.29, 1.82) is 0 Å². The molecular formula is C27H32F6N2O2. The van der Waals surface area contributed by atoms with Crippen LogP contribution in [-0.4, -0.2) is 53.5 Å². The van der Waals surface area contributed by atoms with Gasteiger partial charge in [-0.1, -0.05) is 30.9 Å². The number of carbonyl (C=O) groups excluding carboxylic acids is 1. The standard InChI is InChI=1S/C27H32F6N2O2/c1-5-6-7-8-18(2)25(10-9-24-16-34(25)11-12-35(24)20(4)36)17-37-19(3)21-13-22(26(28,29)30)15-23(14-21)27(31,32)33/h5-8,13-15,19,24H,2,9-12,16-17H2,1,3-4H3/b6-5-,8-7-/t19-,24-,25-/m1/s1. The molecule has 0 N–H and O–H groups in total. The molecule has 0 aliphatic carbocycles. The second-order valence-corrected chi connectivity index (χ2v) is 9.59. The van der Waals surface area contributed by atoms with Crippen molar-refractivity contribution in [3.05, 3.63) is 71.3 Å². The van der Waals surface area contributed by atoms with Crippen molar-refractivity contribution < 1.29 is 35.9 Å². The number of carbonyl (C=O) groups is 1. The van der Waals surface area contributed by atoms with E-state index in [0.717, 1.165) is 5.57 Å². The first kappa shape index (κ1) is 29.0. The first-order chi connectivity index (χ1) is 17.2. The molecule has 4 atom stereocenters. The lowest BCUT2D eigenvalue weighted by atomic mass is 9.78. The third-order valence-electron chi connectivity index (χ3n) is 7.23. The Hall–Kier alpha value is -2.59. The fourth-order valence-corrected chi connectivity index (χ4v) is 5.10. The van der Waals surface area contributed by atoms with Gasteiger partial charge in [-0.15, -0.1) is 0 Å². The highest BCUT2D eigenvalue weighted by Crippen LogP contribution is 2.41. The van der Waals surface area contributed by atoms with Gasteiger partial charge < -0.3 is 9.64 Å². The second kappa shape index (κ2) is 11.0. The summed E-state index contributed by atoms with van der Waals surface area (Å²) in [7, 11) is 0. The summed E-state index contributed by atoms with van der Waals surface area (Å²) < 4.78 is 86.1. The normalized spacial score (nSPS) is 25.6. The van der Waals surface area contributed by atoms with Gasteiger partial charge in [0.15, 0.2) is 0 Å². The summed E-state index contributed by atoms with van der Waals surface area (Å²) in [5, 5.41) is 0. The van der Waals surface area contributed by atoms with Gasteiger partial charge in [0.1, 0.15) is 0 Å². The number of amides is 1. The van der Waals surface area contributed by atoms with E-state index >= 15 is 0 Å². The van der Waals surface area contributed by atoms with Crippen LogP contribution in [-0.2, 0) is 21.9 Å². The number of allylic oxidation sites excluding steroid dienone is 3. The van der Waals surface area contributed by atoms with Crippen molar-refractivity contribution in [2.45, 2.75) is 63.7 Å². The summed E-state index contributed by atoms with van der Waals surface area (Å²) in [6, 6.07) is 1.55. The van der Waals surface area contributed by atoms with E-state index in [1.54, 1.807) is 0 Å². The van der Waals surface area contributed by atoms with E-state index in [0.29, 0.717) is 44.6 Å². The van der Waals surface area contributed by atoms with Crippen molar-refractivity contribution in [3.63, 3.8) is 0 Å². The van der Waals surface area contributed by atoms with Crippen molar-refractivity contribution >= 4 is 5.91 Å². The van der Waals surface area contributed by atoms with Crippen LogP contribution < -0.4 is 0 Å². The molecule has 4 nitrogen and oxygen atoms in total. The molecule has 2 heterocycles. The predicted octanol–water partition coefficient (Wildman–Crippen LogP) is 6.56. The van der Waals surface area contributed by atoms with Crippen LogP contribution in [0.2, 0.25) is 0 Å². The molecule has 3 rings (SSSR count). The Kier molecular flexibility index (Phi) is 8.64. The van der Waals surface area contributed by atoms with Crippen LogP contribution in [0.5, 0.6) is 0 Å². The Morgan fingerprint density at radius 1 is 1.14 bits per heavy atom.